The third kappa shape index (κ3) is 3.23. The van der Waals surface area contributed by atoms with Crippen LogP contribution in [0.2, 0.25) is 0 Å². The summed E-state index contributed by atoms with van der Waals surface area (Å²) in [7, 11) is 0. The molecular weight excluding hydrogens is 228 g/mol. The second-order valence-electron chi connectivity index (χ2n) is 4.68. The van der Waals surface area contributed by atoms with Crippen molar-refractivity contribution in [3.63, 3.8) is 0 Å². The number of hydrogen-bond acceptors (Lipinski definition) is 0. The molecule has 0 saturated heterocycles. The zero-order valence-electron chi connectivity index (χ0n) is 11.3. The average molecular weight is 248 g/mol. The Morgan fingerprint density at radius 2 is 1.53 bits per heavy atom. The van der Waals surface area contributed by atoms with Crippen LogP contribution in [0.5, 0.6) is 0 Å². The molecule has 0 fully saturated rings. The van der Waals surface area contributed by atoms with Crippen LogP contribution in [0.4, 0.5) is 0 Å². The minimum absolute atomic E-state index is 0.384. The third-order valence-electron chi connectivity index (χ3n) is 3.40. The molecule has 0 aliphatic carbocycles. The molecule has 2 aromatic carbocycles. The Morgan fingerprint density at radius 3 is 2.21 bits per heavy atom. The fourth-order valence-electron chi connectivity index (χ4n) is 2.51. The molecule has 2 aromatic rings. The van der Waals surface area contributed by atoms with E-state index in [9.17, 15) is 0 Å². The van der Waals surface area contributed by atoms with Crippen LogP contribution in [0.3, 0.4) is 0 Å². The van der Waals surface area contributed by atoms with Gasteiger partial charge in [0.1, 0.15) is 0 Å². The molecule has 0 radical (unpaired) electrons. The van der Waals surface area contributed by atoms with E-state index < -0.39 is 0 Å². The molecule has 0 heterocycles. The second kappa shape index (κ2) is 6.75. The zero-order chi connectivity index (χ0) is 13.5. The summed E-state index contributed by atoms with van der Waals surface area (Å²) in [6, 6.07) is 19.3. The molecule has 19 heavy (non-hydrogen) atoms. The minimum Gasteiger partial charge on any atom is -0.103 e. The lowest BCUT2D eigenvalue weighted by Crippen LogP contribution is -2.03. The second-order valence-corrected chi connectivity index (χ2v) is 4.68. The highest BCUT2D eigenvalue weighted by atomic mass is 14.2. The van der Waals surface area contributed by atoms with Crippen molar-refractivity contribution in [2.24, 2.45) is 0 Å². The van der Waals surface area contributed by atoms with E-state index in [2.05, 4.69) is 67.8 Å². The van der Waals surface area contributed by atoms with Gasteiger partial charge >= 0.3 is 0 Å². The molecule has 96 valence electrons. The molecule has 0 amide bonds. The molecule has 1 unspecified atom stereocenters. The first-order valence-electron chi connectivity index (χ1n) is 6.71. The first-order valence-corrected chi connectivity index (χ1v) is 6.71. The van der Waals surface area contributed by atoms with Gasteiger partial charge in [-0.1, -0.05) is 66.7 Å². The number of benzene rings is 2. The van der Waals surface area contributed by atoms with E-state index in [0.717, 1.165) is 12.8 Å². The maximum atomic E-state index is 3.91. The molecule has 1 atom stereocenters. The van der Waals surface area contributed by atoms with E-state index in [1.54, 1.807) is 0 Å². The standard InChI is InChI=1S/C19H20/c1-3-10-16-14-8-9-15-19(16)18(11-4-2)17-12-6-5-7-13-17/h3-9,12-15,18H,1-2,10-11H2. The fourth-order valence-corrected chi connectivity index (χ4v) is 2.51. The molecular formula is C19H20. The molecule has 2 rings (SSSR count). The number of hydrogen-bond donors (Lipinski definition) is 0. The molecule has 0 nitrogen and oxygen atoms in total. The van der Waals surface area contributed by atoms with Crippen LogP contribution < -0.4 is 0 Å². The van der Waals surface area contributed by atoms with Gasteiger partial charge in [-0.15, -0.1) is 13.2 Å². The smallest absolute Gasteiger partial charge is 0.0127 e. The summed E-state index contributed by atoms with van der Waals surface area (Å²) in [6.45, 7) is 7.76. The van der Waals surface area contributed by atoms with Gasteiger partial charge in [0, 0.05) is 5.92 Å². The molecule has 0 aliphatic heterocycles. The Labute approximate surface area is 116 Å². The zero-order valence-corrected chi connectivity index (χ0v) is 11.3. The van der Waals surface area contributed by atoms with Crippen molar-refractivity contribution in [1.29, 1.82) is 0 Å². The van der Waals surface area contributed by atoms with Gasteiger partial charge in [-0.3, -0.25) is 0 Å². The van der Waals surface area contributed by atoms with Crippen LogP contribution in [0.1, 0.15) is 29.0 Å². The highest BCUT2D eigenvalue weighted by Gasteiger charge is 2.15. The summed E-state index contributed by atoms with van der Waals surface area (Å²) in [5.74, 6) is 0.384. The summed E-state index contributed by atoms with van der Waals surface area (Å²) in [5, 5.41) is 0. The Bertz CT molecular complexity index is 537. The molecule has 0 bridgehead atoms. The van der Waals surface area contributed by atoms with Gasteiger partial charge in [0.15, 0.2) is 0 Å². The summed E-state index contributed by atoms with van der Waals surface area (Å²) in [5.41, 5.74) is 4.08. The fraction of sp³-hybridized carbons (Fsp3) is 0.158. The summed E-state index contributed by atoms with van der Waals surface area (Å²) >= 11 is 0. The molecule has 0 N–H and O–H groups in total. The summed E-state index contributed by atoms with van der Waals surface area (Å²) in [6.07, 6.45) is 5.84. The van der Waals surface area contributed by atoms with Crippen molar-refractivity contribution >= 4 is 0 Å². The van der Waals surface area contributed by atoms with Gasteiger partial charge in [0.2, 0.25) is 0 Å². The SMILES string of the molecule is C=CCc1ccccc1C(CC=C)c1ccccc1. The minimum atomic E-state index is 0.384. The normalized spacial score (nSPS) is 11.8. The van der Waals surface area contributed by atoms with Crippen molar-refractivity contribution in [3.8, 4) is 0 Å². The van der Waals surface area contributed by atoms with Gasteiger partial charge in [0.25, 0.3) is 0 Å². The maximum Gasteiger partial charge on any atom is 0.0127 e. The Balaban J connectivity index is 2.44. The Morgan fingerprint density at radius 1 is 0.842 bits per heavy atom. The van der Waals surface area contributed by atoms with Gasteiger partial charge in [-0.25, -0.2) is 0 Å². The van der Waals surface area contributed by atoms with Gasteiger partial charge < -0.3 is 0 Å². The Hall–Kier alpha value is -2.08. The van der Waals surface area contributed by atoms with E-state index in [4.69, 9.17) is 0 Å². The third-order valence-corrected chi connectivity index (χ3v) is 3.40. The number of allylic oxidation sites excluding steroid dienone is 2. The predicted molar refractivity (Wildman–Crippen MR) is 83.4 cm³/mol. The first kappa shape index (κ1) is 13.4. The summed E-state index contributed by atoms with van der Waals surface area (Å²) < 4.78 is 0. The molecule has 0 saturated carbocycles. The lowest BCUT2D eigenvalue weighted by molar-refractivity contribution is 0.818. The van der Waals surface area contributed by atoms with Crippen molar-refractivity contribution in [2.75, 3.05) is 0 Å². The van der Waals surface area contributed by atoms with E-state index in [-0.39, 0.29) is 0 Å². The topological polar surface area (TPSA) is 0 Å². The van der Waals surface area contributed by atoms with Gasteiger partial charge in [-0.05, 0) is 29.5 Å². The Kier molecular flexibility index (Phi) is 4.74. The lowest BCUT2D eigenvalue weighted by atomic mass is 9.85. The van der Waals surface area contributed by atoms with E-state index in [1.165, 1.54) is 16.7 Å². The van der Waals surface area contributed by atoms with Crippen LogP contribution in [-0.2, 0) is 6.42 Å². The quantitative estimate of drug-likeness (QED) is 0.622. The van der Waals surface area contributed by atoms with Crippen LogP contribution >= 0.6 is 0 Å². The van der Waals surface area contributed by atoms with E-state index in [1.807, 2.05) is 12.2 Å². The van der Waals surface area contributed by atoms with Crippen LogP contribution in [0, 0.1) is 0 Å². The highest BCUT2D eigenvalue weighted by molar-refractivity contribution is 5.39. The van der Waals surface area contributed by atoms with Crippen LogP contribution in [0.25, 0.3) is 0 Å². The largest absolute Gasteiger partial charge is 0.103 e. The maximum absolute atomic E-state index is 3.91. The summed E-state index contributed by atoms with van der Waals surface area (Å²) in [4.78, 5) is 0. The van der Waals surface area contributed by atoms with Crippen molar-refractivity contribution in [1.82, 2.24) is 0 Å². The molecule has 0 spiro atoms. The lowest BCUT2D eigenvalue weighted by Gasteiger charge is -2.19. The monoisotopic (exact) mass is 248 g/mol. The van der Waals surface area contributed by atoms with E-state index in [0.29, 0.717) is 5.92 Å². The van der Waals surface area contributed by atoms with Gasteiger partial charge in [-0.2, -0.15) is 0 Å². The molecule has 0 heteroatoms. The van der Waals surface area contributed by atoms with Crippen molar-refractivity contribution in [3.05, 3.63) is 96.6 Å². The van der Waals surface area contributed by atoms with Crippen molar-refractivity contribution in [2.45, 2.75) is 18.8 Å². The van der Waals surface area contributed by atoms with Crippen LogP contribution in [-0.4, -0.2) is 0 Å². The van der Waals surface area contributed by atoms with E-state index >= 15 is 0 Å². The van der Waals surface area contributed by atoms with Gasteiger partial charge in [0.05, 0.1) is 0 Å². The molecule has 0 aromatic heterocycles. The first-order chi connectivity index (χ1) is 9.36. The number of rotatable bonds is 6. The average Bonchev–Trinajstić information content (AvgIpc) is 2.47. The van der Waals surface area contributed by atoms with Crippen molar-refractivity contribution < 1.29 is 0 Å². The molecule has 0 aliphatic rings. The predicted octanol–water partition coefficient (Wildman–Crippen LogP) is 5.12. The highest BCUT2D eigenvalue weighted by Crippen LogP contribution is 2.31. The van der Waals surface area contributed by atoms with Crippen LogP contribution in [0.15, 0.2) is 79.9 Å².